The molecule has 1 aromatic carbocycles. The maximum atomic E-state index is 12.4. The van der Waals surface area contributed by atoms with E-state index in [4.69, 9.17) is 9.47 Å². The van der Waals surface area contributed by atoms with Crippen LogP contribution in [0.4, 0.5) is 4.79 Å². The van der Waals surface area contributed by atoms with Crippen molar-refractivity contribution in [2.45, 2.75) is 52.2 Å². The van der Waals surface area contributed by atoms with E-state index in [1.54, 1.807) is 16.8 Å². The van der Waals surface area contributed by atoms with Crippen molar-refractivity contribution < 1.29 is 19.1 Å². The highest BCUT2D eigenvalue weighted by Crippen LogP contribution is 2.19. The Bertz CT molecular complexity index is 614. The molecule has 144 valence electrons. The molecule has 2 rings (SSSR count). The molecule has 0 spiro atoms. The number of amides is 2. The van der Waals surface area contributed by atoms with Gasteiger partial charge in [-0.3, -0.25) is 4.79 Å². The van der Waals surface area contributed by atoms with E-state index < -0.39 is 5.60 Å². The number of hydrogen-bond donors (Lipinski definition) is 0. The summed E-state index contributed by atoms with van der Waals surface area (Å²) in [4.78, 5) is 27.9. The van der Waals surface area contributed by atoms with Crippen molar-refractivity contribution in [3.8, 4) is 5.75 Å². The van der Waals surface area contributed by atoms with Crippen LogP contribution in [0, 0.1) is 6.92 Å². The fourth-order valence-electron chi connectivity index (χ4n) is 2.85. The van der Waals surface area contributed by atoms with Crippen molar-refractivity contribution in [2.24, 2.45) is 0 Å². The standard InChI is InChI=1S/C20H30N2O4/c1-15-6-8-17(9-7-15)25-14-18(23)21(5)16-10-12-22(13-11-16)19(24)26-20(2,3)4/h6-9,16H,10-14H2,1-5H3. The number of ether oxygens (including phenoxy) is 2. The maximum absolute atomic E-state index is 12.4. The number of likely N-dealkylation sites (tertiary alicyclic amines) is 1. The summed E-state index contributed by atoms with van der Waals surface area (Å²) in [6.07, 6.45) is 1.20. The zero-order chi connectivity index (χ0) is 19.3. The Morgan fingerprint density at radius 2 is 1.73 bits per heavy atom. The van der Waals surface area contributed by atoms with Gasteiger partial charge in [0.2, 0.25) is 0 Å². The van der Waals surface area contributed by atoms with Gasteiger partial charge in [0, 0.05) is 26.2 Å². The van der Waals surface area contributed by atoms with Crippen LogP contribution in [-0.4, -0.2) is 60.2 Å². The summed E-state index contributed by atoms with van der Waals surface area (Å²) in [7, 11) is 1.80. The zero-order valence-corrected chi connectivity index (χ0v) is 16.4. The van der Waals surface area contributed by atoms with Crippen molar-refractivity contribution >= 4 is 12.0 Å². The van der Waals surface area contributed by atoms with Gasteiger partial charge >= 0.3 is 6.09 Å². The highest BCUT2D eigenvalue weighted by Gasteiger charge is 2.30. The molecule has 0 radical (unpaired) electrons. The predicted octanol–water partition coefficient (Wildman–Crippen LogP) is 3.23. The Balaban J connectivity index is 1.78. The van der Waals surface area contributed by atoms with E-state index >= 15 is 0 Å². The van der Waals surface area contributed by atoms with Crippen LogP contribution in [0.25, 0.3) is 0 Å². The topological polar surface area (TPSA) is 59.1 Å². The van der Waals surface area contributed by atoms with Gasteiger partial charge in [-0.2, -0.15) is 0 Å². The van der Waals surface area contributed by atoms with Gasteiger partial charge in [0.05, 0.1) is 0 Å². The van der Waals surface area contributed by atoms with E-state index in [9.17, 15) is 9.59 Å². The fourth-order valence-corrected chi connectivity index (χ4v) is 2.85. The van der Waals surface area contributed by atoms with Crippen LogP contribution >= 0.6 is 0 Å². The number of benzene rings is 1. The van der Waals surface area contributed by atoms with Crippen LogP contribution in [0.2, 0.25) is 0 Å². The molecule has 2 amide bonds. The van der Waals surface area contributed by atoms with Crippen LogP contribution in [0.1, 0.15) is 39.2 Å². The summed E-state index contributed by atoms with van der Waals surface area (Å²) in [5.74, 6) is 0.637. The van der Waals surface area contributed by atoms with Crippen LogP contribution in [0.5, 0.6) is 5.75 Å². The summed E-state index contributed by atoms with van der Waals surface area (Å²) >= 11 is 0. The van der Waals surface area contributed by atoms with Gasteiger partial charge in [0.1, 0.15) is 11.4 Å². The molecular weight excluding hydrogens is 332 g/mol. The minimum atomic E-state index is -0.492. The van der Waals surface area contributed by atoms with Crippen molar-refractivity contribution in [1.29, 1.82) is 0 Å². The summed E-state index contributed by atoms with van der Waals surface area (Å²) in [5.41, 5.74) is 0.658. The molecule has 1 heterocycles. The van der Waals surface area contributed by atoms with E-state index in [1.807, 2.05) is 52.0 Å². The molecule has 0 atom stereocenters. The first kappa shape index (κ1) is 20.1. The average molecular weight is 362 g/mol. The lowest BCUT2D eigenvalue weighted by molar-refractivity contribution is -0.134. The molecule has 0 unspecified atom stereocenters. The third kappa shape index (κ3) is 5.93. The monoisotopic (exact) mass is 362 g/mol. The van der Waals surface area contributed by atoms with Gasteiger partial charge in [0.25, 0.3) is 5.91 Å². The SMILES string of the molecule is Cc1ccc(OCC(=O)N(C)C2CCN(C(=O)OC(C)(C)C)CC2)cc1. The fraction of sp³-hybridized carbons (Fsp3) is 0.600. The van der Waals surface area contributed by atoms with Crippen molar-refractivity contribution in [1.82, 2.24) is 9.80 Å². The van der Waals surface area contributed by atoms with E-state index in [0.29, 0.717) is 18.8 Å². The van der Waals surface area contributed by atoms with Crippen molar-refractivity contribution in [3.05, 3.63) is 29.8 Å². The number of nitrogens with zero attached hydrogens (tertiary/aromatic N) is 2. The maximum Gasteiger partial charge on any atom is 0.410 e. The van der Waals surface area contributed by atoms with Gasteiger partial charge in [0.15, 0.2) is 6.61 Å². The summed E-state index contributed by atoms with van der Waals surface area (Å²) in [5, 5.41) is 0. The third-order valence-corrected chi connectivity index (χ3v) is 4.44. The number of rotatable bonds is 4. The Kier molecular flexibility index (Phi) is 6.51. The van der Waals surface area contributed by atoms with Crippen molar-refractivity contribution in [2.75, 3.05) is 26.7 Å². The molecule has 1 aliphatic heterocycles. The second kappa shape index (κ2) is 8.43. The number of aryl methyl sites for hydroxylation is 1. The predicted molar refractivity (Wildman–Crippen MR) is 100 cm³/mol. The van der Waals surface area contributed by atoms with Crippen LogP contribution in [0.15, 0.2) is 24.3 Å². The molecule has 1 aliphatic rings. The lowest BCUT2D eigenvalue weighted by atomic mass is 10.0. The number of carbonyl (C=O) groups excluding carboxylic acids is 2. The lowest BCUT2D eigenvalue weighted by Gasteiger charge is -2.37. The molecule has 6 heteroatoms. The molecule has 0 aromatic heterocycles. The molecule has 0 aliphatic carbocycles. The summed E-state index contributed by atoms with van der Waals surface area (Å²) in [6.45, 7) is 8.79. The molecule has 1 saturated heterocycles. The lowest BCUT2D eigenvalue weighted by Crippen LogP contribution is -2.49. The first-order valence-electron chi connectivity index (χ1n) is 9.09. The first-order valence-corrected chi connectivity index (χ1v) is 9.09. The second-order valence-electron chi connectivity index (χ2n) is 7.80. The van der Waals surface area contributed by atoms with Gasteiger partial charge in [-0.05, 0) is 52.7 Å². The molecule has 26 heavy (non-hydrogen) atoms. The smallest absolute Gasteiger partial charge is 0.410 e. The first-order chi connectivity index (χ1) is 12.2. The molecular formula is C20H30N2O4. The van der Waals surface area contributed by atoms with Gasteiger partial charge in [-0.15, -0.1) is 0 Å². The molecule has 6 nitrogen and oxygen atoms in total. The molecule has 0 bridgehead atoms. The summed E-state index contributed by atoms with van der Waals surface area (Å²) in [6, 6.07) is 7.75. The number of likely N-dealkylation sites (N-methyl/N-ethyl adjacent to an activating group) is 1. The molecule has 1 fully saturated rings. The highest BCUT2D eigenvalue weighted by atomic mass is 16.6. The minimum Gasteiger partial charge on any atom is -0.484 e. The Labute approximate surface area is 156 Å². The van der Waals surface area contributed by atoms with Gasteiger partial charge in [-0.1, -0.05) is 17.7 Å². The van der Waals surface area contributed by atoms with Gasteiger partial charge in [-0.25, -0.2) is 4.79 Å². The number of carbonyl (C=O) groups is 2. The molecule has 0 saturated carbocycles. The Morgan fingerprint density at radius 3 is 2.27 bits per heavy atom. The third-order valence-electron chi connectivity index (χ3n) is 4.44. The Hall–Kier alpha value is -2.24. The number of hydrogen-bond acceptors (Lipinski definition) is 4. The zero-order valence-electron chi connectivity index (χ0n) is 16.4. The van der Waals surface area contributed by atoms with E-state index in [2.05, 4.69) is 0 Å². The van der Waals surface area contributed by atoms with E-state index in [0.717, 1.165) is 18.4 Å². The van der Waals surface area contributed by atoms with Crippen LogP contribution < -0.4 is 4.74 Å². The quantitative estimate of drug-likeness (QED) is 0.825. The van der Waals surface area contributed by atoms with Crippen LogP contribution in [0.3, 0.4) is 0 Å². The largest absolute Gasteiger partial charge is 0.484 e. The molecule has 1 aromatic rings. The van der Waals surface area contributed by atoms with Crippen molar-refractivity contribution in [3.63, 3.8) is 0 Å². The highest BCUT2D eigenvalue weighted by molar-refractivity contribution is 5.78. The van der Waals surface area contributed by atoms with Gasteiger partial charge < -0.3 is 19.3 Å². The Morgan fingerprint density at radius 1 is 1.15 bits per heavy atom. The second-order valence-corrected chi connectivity index (χ2v) is 7.80. The van der Waals surface area contributed by atoms with Crippen LogP contribution in [-0.2, 0) is 9.53 Å². The summed E-state index contributed by atoms with van der Waals surface area (Å²) < 4.78 is 11.0. The van der Waals surface area contributed by atoms with E-state index in [1.165, 1.54) is 0 Å². The average Bonchev–Trinajstić information content (AvgIpc) is 2.59. The molecule has 0 N–H and O–H groups in total. The number of piperidine rings is 1. The van der Waals surface area contributed by atoms with E-state index in [-0.39, 0.29) is 24.6 Å². The minimum absolute atomic E-state index is 0.0197. The normalized spacial score (nSPS) is 15.5.